The standard InChI is InChI=1S/C20H23N3OS/c24-18(10-25-20-16-3-1-2-4-17(16)21-11-22-20)23-19-14-6-12-5-13(8-14)9-15(19)7-12/h1-4,11-15,19H,5-10H2,(H,23,24). The van der Waals surface area contributed by atoms with Crippen molar-refractivity contribution >= 4 is 28.6 Å². The molecule has 1 heterocycles. The van der Waals surface area contributed by atoms with Crippen molar-refractivity contribution in [1.82, 2.24) is 15.3 Å². The van der Waals surface area contributed by atoms with E-state index in [4.69, 9.17) is 0 Å². The molecular weight excluding hydrogens is 330 g/mol. The summed E-state index contributed by atoms with van der Waals surface area (Å²) in [5.74, 6) is 3.93. The normalized spacial score (nSPS) is 32.9. The second kappa shape index (κ2) is 6.27. The number of rotatable bonds is 4. The van der Waals surface area contributed by atoms with Crippen molar-refractivity contribution < 1.29 is 4.79 Å². The fourth-order valence-corrected chi connectivity index (χ4v) is 6.42. The number of para-hydroxylation sites is 1. The van der Waals surface area contributed by atoms with Crippen molar-refractivity contribution in [2.45, 2.75) is 43.2 Å². The maximum atomic E-state index is 12.6. The van der Waals surface area contributed by atoms with Crippen LogP contribution < -0.4 is 5.32 Å². The largest absolute Gasteiger partial charge is 0.352 e. The SMILES string of the molecule is O=C(CSc1ncnc2ccccc12)NC1C2CC3CC(C2)CC1C3. The van der Waals surface area contributed by atoms with Crippen LogP contribution in [0.3, 0.4) is 0 Å². The summed E-state index contributed by atoms with van der Waals surface area (Å²) >= 11 is 1.52. The predicted molar refractivity (Wildman–Crippen MR) is 99.2 cm³/mol. The minimum absolute atomic E-state index is 0.158. The highest BCUT2D eigenvalue weighted by molar-refractivity contribution is 8.00. The van der Waals surface area contributed by atoms with Gasteiger partial charge in [-0.25, -0.2) is 9.97 Å². The van der Waals surface area contributed by atoms with Gasteiger partial charge in [0.2, 0.25) is 5.91 Å². The second-order valence-corrected chi connectivity index (χ2v) is 8.97. The third-order valence-electron chi connectivity index (χ3n) is 6.40. The van der Waals surface area contributed by atoms with Crippen LogP contribution >= 0.6 is 11.8 Å². The topological polar surface area (TPSA) is 54.9 Å². The first-order valence-corrected chi connectivity index (χ1v) is 10.4. The van der Waals surface area contributed by atoms with Crippen molar-refractivity contribution in [2.75, 3.05) is 5.75 Å². The Labute approximate surface area is 152 Å². The second-order valence-electron chi connectivity index (χ2n) is 8.01. The Kier molecular flexibility index (Phi) is 3.92. The van der Waals surface area contributed by atoms with E-state index in [2.05, 4.69) is 15.3 Å². The molecule has 1 N–H and O–H groups in total. The molecule has 0 atom stereocenters. The van der Waals surface area contributed by atoms with Crippen molar-refractivity contribution in [3.63, 3.8) is 0 Å². The summed E-state index contributed by atoms with van der Waals surface area (Å²) < 4.78 is 0. The number of nitrogens with zero attached hydrogens (tertiary/aromatic N) is 2. The molecule has 4 bridgehead atoms. The van der Waals surface area contributed by atoms with E-state index in [-0.39, 0.29) is 5.91 Å². The molecule has 5 heteroatoms. The van der Waals surface area contributed by atoms with Gasteiger partial charge < -0.3 is 5.32 Å². The van der Waals surface area contributed by atoms with Crippen LogP contribution in [-0.2, 0) is 4.79 Å². The summed E-state index contributed by atoms with van der Waals surface area (Å²) in [6, 6.07) is 8.39. The maximum absolute atomic E-state index is 12.6. The zero-order valence-corrected chi connectivity index (χ0v) is 15.0. The maximum Gasteiger partial charge on any atom is 0.230 e. The minimum atomic E-state index is 0.158. The molecule has 4 aliphatic carbocycles. The Morgan fingerprint density at radius 1 is 1.04 bits per heavy atom. The van der Waals surface area contributed by atoms with Crippen molar-refractivity contribution in [1.29, 1.82) is 0 Å². The van der Waals surface area contributed by atoms with Crippen molar-refractivity contribution in [2.24, 2.45) is 23.7 Å². The van der Waals surface area contributed by atoms with Crippen molar-refractivity contribution in [3.05, 3.63) is 30.6 Å². The van der Waals surface area contributed by atoms with Gasteiger partial charge >= 0.3 is 0 Å². The van der Waals surface area contributed by atoms with Crippen LogP contribution in [0.5, 0.6) is 0 Å². The van der Waals surface area contributed by atoms with Crippen LogP contribution in [0.2, 0.25) is 0 Å². The minimum Gasteiger partial charge on any atom is -0.352 e. The average molecular weight is 353 g/mol. The number of nitrogens with one attached hydrogen (secondary N) is 1. The van der Waals surface area contributed by atoms with Gasteiger partial charge in [0.1, 0.15) is 11.4 Å². The van der Waals surface area contributed by atoms with Gasteiger partial charge in [-0.1, -0.05) is 30.0 Å². The number of carbonyl (C=O) groups is 1. The van der Waals surface area contributed by atoms with Gasteiger partial charge in [0.05, 0.1) is 11.3 Å². The molecule has 4 saturated carbocycles. The molecule has 0 spiro atoms. The first-order chi connectivity index (χ1) is 12.3. The number of amides is 1. The molecule has 4 aliphatic rings. The Balaban J connectivity index is 1.24. The van der Waals surface area contributed by atoms with Crippen LogP contribution in [0.25, 0.3) is 10.9 Å². The van der Waals surface area contributed by atoms with E-state index in [0.29, 0.717) is 11.8 Å². The van der Waals surface area contributed by atoms with E-state index in [1.807, 2.05) is 24.3 Å². The van der Waals surface area contributed by atoms with Gasteiger partial charge in [0.25, 0.3) is 0 Å². The molecule has 4 nitrogen and oxygen atoms in total. The van der Waals surface area contributed by atoms with Crippen LogP contribution in [0.15, 0.2) is 35.6 Å². The molecule has 4 fully saturated rings. The lowest BCUT2D eigenvalue weighted by atomic mass is 9.54. The smallest absolute Gasteiger partial charge is 0.230 e. The van der Waals surface area contributed by atoms with Crippen LogP contribution in [-0.4, -0.2) is 27.7 Å². The molecule has 1 amide bonds. The monoisotopic (exact) mass is 353 g/mol. The quantitative estimate of drug-likeness (QED) is 0.673. The summed E-state index contributed by atoms with van der Waals surface area (Å²) in [4.78, 5) is 21.2. The zero-order valence-electron chi connectivity index (χ0n) is 14.2. The Morgan fingerprint density at radius 2 is 1.76 bits per heavy atom. The van der Waals surface area contributed by atoms with Gasteiger partial charge in [0, 0.05) is 11.4 Å². The molecule has 0 radical (unpaired) electrons. The first-order valence-electron chi connectivity index (χ1n) is 9.38. The van der Waals surface area contributed by atoms with Gasteiger partial charge in [0.15, 0.2) is 0 Å². The number of aromatic nitrogens is 2. The molecule has 1 aromatic heterocycles. The van der Waals surface area contributed by atoms with E-state index >= 15 is 0 Å². The third-order valence-corrected chi connectivity index (χ3v) is 7.41. The number of hydrogen-bond donors (Lipinski definition) is 1. The number of carbonyl (C=O) groups excluding carboxylic acids is 1. The summed E-state index contributed by atoms with van der Waals surface area (Å²) in [6.07, 6.45) is 8.37. The van der Waals surface area contributed by atoms with Crippen molar-refractivity contribution in [3.8, 4) is 0 Å². The van der Waals surface area contributed by atoms with E-state index in [1.165, 1.54) is 43.9 Å². The Bertz CT molecular complexity index is 775. The predicted octanol–water partition coefficient (Wildman–Crippen LogP) is 3.66. The van der Waals surface area contributed by atoms with Gasteiger partial charge in [-0.15, -0.1) is 0 Å². The Morgan fingerprint density at radius 3 is 2.52 bits per heavy atom. The molecule has 0 aliphatic heterocycles. The summed E-state index contributed by atoms with van der Waals surface area (Å²) in [5.41, 5.74) is 0.932. The van der Waals surface area contributed by atoms with E-state index < -0.39 is 0 Å². The average Bonchev–Trinajstić information content (AvgIpc) is 2.62. The molecule has 1 aromatic carbocycles. The lowest BCUT2D eigenvalue weighted by Crippen LogP contribution is -2.56. The number of thioether (sulfide) groups is 1. The fraction of sp³-hybridized carbons (Fsp3) is 0.550. The zero-order chi connectivity index (χ0) is 16.8. The number of fused-ring (bicyclic) bond motifs is 1. The molecule has 25 heavy (non-hydrogen) atoms. The van der Waals surface area contributed by atoms with Crippen LogP contribution in [0.1, 0.15) is 32.1 Å². The van der Waals surface area contributed by atoms with Gasteiger partial charge in [-0.05, 0) is 61.8 Å². The van der Waals surface area contributed by atoms with Gasteiger partial charge in [-0.3, -0.25) is 4.79 Å². The number of benzene rings is 1. The lowest BCUT2D eigenvalue weighted by molar-refractivity contribution is -0.122. The summed E-state index contributed by atoms with van der Waals surface area (Å²) in [7, 11) is 0. The third kappa shape index (κ3) is 2.92. The molecule has 130 valence electrons. The highest BCUT2D eigenvalue weighted by atomic mass is 32.2. The van der Waals surface area contributed by atoms with Gasteiger partial charge in [-0.2, -0.15) is 0 Å². The molecule has 0 saturated heterocycles. The van der Waals surface area contributed by atoms with Crippen LogP contribution in [0.4, 0.5) is 0 Å². The lowest BCUT2D eigenvalue weighted by Gasteiger charge is -2.54. The first kappa shape index (κ1) is 15.6. The molecule has 2 aromatic rings. The Hall–Kier alpha value is -1.62. The summed E-state index contributed by atoms with van der Waals surface area (Å²) in [5, 5.41) is 5.30. The number of hydrogen-bond acceptors (Lipinski definition) is 4. The molecule has 0 unspecified atom stereocenters. The van der Waals surface area contributed by atoms with E-state index in [0.717, 1.165) is 39.6 Å². The van der Waals surface area contributed by atoms with E-state index in [1.54, 1.807) is 6.33 Å². The highest BCUT2D eigenvalue weighted by Crippen LogP contribution is 2.53. The van der Waals surface area contributed by atoms with E-state index in [9.17, 15) is 4.79 Å². The highest BCUT2D eigenvalue weighted by Gasteiger charge is 2.48. The summed E-state index contributed by atoms with van der Waals surface area (Å²) in [6.45, 7) is 0. The molecular formula is C20H23N3OS. The fourth-order valence-electron chi connectivity index (χ4n) is 5.62. The molecule has 6 rings (SSSR count). The van der Waals surface area contributed by atoms with Crippen LogP contribution in [0, 0.1) is 23.7 Å².